The van der Waals surface area contributed by atoms with Gasteiger partial charge in [0.2, 0.25) is 0 Å². The lowest BCUT2D eigenvalue weighted by molar-refractivity contribution is -0.0568. The average Bonchev–Trinajstić information content (AvgIpc) is 2.90. The van der Waals surface area contributed by atoms with Gasteiger partial charge in [-0.15, -0.1) is 0 Å². The maximum Gasteiger partial charge on any atom is 0.0790 e. The molecule has 1 N–H and O–H groups in total. The predicted molar refractivity (Wildman–Crippen MR) is 54.9 cm³/mol. The Hall–Kier alpha value is -0.120. The van der Waals surface area contributed by atoms with Gasteiger partial charge < -0.3 is 4.74 Å². The van der Waals surface area contributed by atoms with Crippen molar-refractivity contribution in [2.24, 2.45) is 5.92 Å². The Bertz CT molecular complexity index is 165. The van der Waals surface area contributed by atoms with E-state index in [0.717, 1.165) is 12.5 Å². The molecule has 0 aromatic heterocycles. The van der Waals surface area contributed by atoms with Crippen molar-refractivity contribution in [1.82, 2.24) is 5.48 Å². The molecule has 2 aliphatic rings. The molecule has 2 aliphatic carbocycles. The Morgan fingerprint density at radius 2 is 1.93 bits per heavy atom. The molecule has 0 heterocycles. The van der Waals surface area contributed by atoms with Crippen LogP contribution in [0.3, 0.4) is 0 Å². The number of rotatable bonds is 6. The van der Waals surface area contributed by atoms with Gasteiger partial charge in [-0.1, -0.05) is 12.8 Å². The molecule has 1 atom stereocenters. The lowest BCUT2D eigenvalue weighted by atomic mass is 10.2. The van der Waals surface area contributed by atoms with Crippen LogP contribution >= 0.6 is 0 Å². The van der Waals surface area contributed by atoms with E-state index in [0.29, 0.717) is 12.1 Å². The van der Waals surface area contributed by atoms with E-state index < -0.39 is 0 Å². The second-order valence-corrected chi connectivity index (χ2v) is 4.54. The van der Waals surface area contributed by atoms with Crippen LogP contribution in [-0.4, -0.2) is 25.9 Å². The summed E-state index contributed by atoms with van der Waals surface area (Å²) in [7, 11) is 1.76. The van der Waals surface area contributed by atoms with Crippen molar-refractivity contribution >= 4 is 0 Å². The summed E-state index contributed by atoms with van der Waals surface area (Å²) < 4.78 is 5.18. The van der Waals surface area contributed by atoms with Gasteiger partial charge in [0.15, 0.2) is 0 Å². The van der Waals surface area contributed by atoms with E-state index in [1.54, 1.807) is 7.11 Å². The van der Waals surface area contributed by atoms with Crippen molar-refractivity contribution in [3.05, 3.63) is 0 Å². The minimum atomic E-state index is 0.417. The summed E-state index contributed by atoms with van der Waals surface area (Å²) >= 11 is 0. The summed E-state index contributed by atoms with van der Waals surface area (Å²) in [6.07, 6.45) is 8.20. The van der Waals surface area contributed by atoms with E-state index in [2.05, 4.69) is 5.48 Å². The van der Waals surface area contributed by atoms with Gasteiger partial charge >= 0.3 is 0 Å². The van der Waals surface area contributed by atoms with Crippen molar-refractivity contribution < 1.29 is 9.57 Å². The van der Waals surface area contributed by atoms with Crippen LogP contribution in [0.25, 0.3) is 0 Å². The standard InChI is InChI=1S/C11H21NO2/c1-13-8-11(9-6-7-9)12-14-10-4-2-3-5-10/h9-12H,2-8H2,1H3. The molecule has 3 heteroatoms. The van der Waals surface area contributed by atoms with Crippen LogP contribution in [0, 0.1) is 5.92 Å². The molecule has 0 aromatic carbocycles. The zero-order valence-electron chi connectivity index (χ0n) is 9.00. The van der Waals surface area contributed by atoms with E-state index in [1.807, 2.05) is 0 Å². The van der Waals surface area contributed by atoms with Crippen LogP contribution in [0.4, 0.5) is 0 Å². The lowest BCUT2D eigenvalue weighted by Crippen LogP contribution is -2.37. The molecular formula is C11H21NO2. The van der Waals surface area contributed by atoms with Gasteiger partial charge in [-0.25, -0.2) is 0 Å². The molecule has 1 unspecified atom stereocenters. The van der Waals surface area contributed by atoms with Crippen LogP contribution < -0.4 is 5.48 Å². The van der Waals surface area contributed by atoms with Gasteiger partial charge in [0.05, 0.1) is 18.8 Å². The molecule has 2 rings (SSSR count). The third-order valence-electron chi connectivity index (χ3n) is 3.23. The second kappa shape index (κ2) is 5.10. The second-order valence-electron chi connectivity index (χ2n) is 4.54. The summed E-state index contributed by atoms with van der Waals surface area (Å²) in [6.45, 7) is 0.775. The number of hydrogen-bond donors (Lipinski definition) is 1. The molecule has 0 aliphatic heterocycles. The summed E-state index contributed by atoms with van der Waals surface area (Å²) in [5.74, 6) is 0.788. The summed E-state index contributed by atoms with van der Waals surface area (Å²) in [6, 6.07) is 0.417. The molecule has 3 nitrogen and oxygen atoms in total. The van der Waals surface area contributed by atoms with Crippen molar-refractivity contribution in [3.63, 3.8) is 0 Å². The van der Waals surface area contributed by atoms with Crippen LogP contribution in [-0.2, 0) is 9.57 Å². The first-order valence-electron chi connectivity index (χ1n) is 5.80. The van der Waals surface area contributed by atoms with Crippen molar-refractivity contribution in [3.8, 4) is 0 Å². The number of nitrogens with one attached hydrogen (secondary N) is 1. The zero-order chi connectivity index (χ0) is 9.80. The monoisotopic (exact) mass is 199 g/mol. The van der Waals surface area contributed by atoms with Gasteiger partial charge in [-0.2, -0.15) is 5.48 Å². The highest BCUT2D eigenvalue weighted by atomic mass is 16.7. The van der Waals surface area contributed by atoms with Crippen LogP contribution in [0.5, 0.6) is 0 Å². The van der Waals surface area contributed by atoms with Crippen molar-refractivity contribution in [1.29, 1.82) is 0 Å². The first kappa shape index (κ1) is 10.4. The summed E-state index contributed by atoms with van der Waals surface area (Å²) in [5, 5.41) is 0. The fourth-order valence-corrected chi connectivity index (χ4v) is 2.13. The molecular weight excluding hydrogens is 178 g/mol. The molecule has 0 saturated heterocycles. The molecule has 0 spiro atoms. The number of hydroxylamine groups is 1. The Morgan fingerprint density at radius 3 is 2.50 bits per heavy atom. The maximum absolute atomic E-state index is 5.69. The van der Waals surface area contributed by atoms with Crippen LogP contribution in [0.2, 0.25) is 0 Å². The van der Waals surface area contributed by atoms with Gasteiger partial charge in [0, 0.05) is 7.11 Å². The number of ether oxygens (including phenoxy) is 1. The fourth-order valence-electron chi connectivity index (χ4n) is 2.13. The normalized spacial score (nSPS) is 25.5. The highest BCUT2D eigenvalue weighted by Crippen LogP contribution is 2.33. The van der Waals surface area contributed by atoms with Crippen LogP contribution in [0.15, 0.2) is 0 Å². The van der Waals surface area contributed by atoms with E-state index in [9.17, 15) is 0 Å². The molecule has 0 radical (unpaired) electrons. The lowest BCUT2D eigenvalue weighted by Gasteiger charge is -2.19. The van der Waals surface area contributed by atoms with Gasteiger partial charge in [0.1, 0.15) is 0 Å². The minimum absolute atomic E-state index is 0.417. The number of methoxy groups -OCH3 is 1. The molecule has 82 valence electrons. The van der Waals surface area contributed by atoms with E-state index in [1.165, 1.54) is 38.5 Å². The highest BCUT2D eigenvalue weighted by Gasteiger charge is 2.32. The van der Waals surface area contributed by atoms with Crippen LogP contribution in [0.1, 0.15) is 38.5 Å². The van der Waals surface area contributed by atoms with Gasteiger partial charge in [0.25, 0.3) is 0 Å². The fraction of sp³-hybridized carbons (Fsp3) is 1.00. The number of hydrogen-bond acceptors (Lipinski definition) is 3. The Labute approximate surface area is 86.1 Å². The first-order chi connectivity index (χ1) is 6.90. The highest BCUT2D eigenvalue weighted by molar-refractivity contribution is 4.84. The topological polar surface area (TPSA) is 30.5 Å². The largest absolute Gasteiger partial charge is 0.383 e. The summed E-state index contributed by atoms with van der Waals surface area (Å²) in [4.78, 5) is 5.69. The van der Waals surface area contributed by atoms with E-state index in [4.69, 9.17) is 9.57 Å². The van der Waals surface area contributed by atoms with Gasteiger partial charge in [-0.05, 0) is 31.6 Å². The minimum Gasteiger partial charge on any atom is -0.383 e. The third-order valence-corrected chi connectivity index (χ3v) is 3.23. The van der Waals surface area contributed by atoms with Gasteiger partial charge in [-0.3, -0.25) is 4.84 Å². The Morgan fingerprint density at radius 1 is 1.21 bits per heavy atom. The molecule has 2 saturated carbocycles. The molecule has 0 bridgehead atoms. The quantitative estimate of drug-likeness (QED) is 0.662. The third kappa shape index (κ3) is 2.94. The predicted octanol–water partition coefficient (Wildman–Crippen LogP) is 1.88. The van der Waals surface area contributed by atoms with E-state index in [-0.39, 0.29) is 0 Å². The zero-order valence-corrected chi connectivity index (χ0v) is 9.00. The molecule has 2 fully saturated rings. The SMILES string of the molecule is COCC(NOC1CCCC1)C1CC1. The maximum atomic E-state index is 5.69. The molecule has 0 amide bonds. The van der Waals surface area contributed by atoms with Crippen molar-refractivity contribution in [2.45, 2.75) is 50.7 Å². The van der Waals surface area contributed by atoms with E-state index >= 15 is 0 Å². The first-order valence-corrected chi connectivity index (χ1v) is 5.80. The molecule has 0 aromatic rings. The van der Waals surface area contributed by atoms with Crippen molar-refractivity contribution in [2.75, 3.05) is 13.7 Å². The summed E-state index contributed by atoms with van der Waals surface area (Å²) in [5.41, 5.74) is 3.20. The Balaban J connectivity index is 1.65. The average molecular weight is 199 g/mol. The molecule has 14 heavy (non-hydrogen) atoms. The smallest absolute Gasteiger partial charge is 0.0790 e. The Kier molecular flexibility index (Phi) is 3.79.